The van der Waals surface area contributed by atoms with Crippen LogP contribution < -0.4 is 11.2 Å². The highest BCUT2D eigenvalue weighted by Crippen LogP contribution is 2.00. The third-order valence-corrected chi connectivity index (χ3v) is 1.46. The van der Waals surface area contributed by atoms with Gasteiger partial charge in [0.15, 0.2) is 0 Å². The molecule has 2 N–H and O–H groups in total. The molecule has 1 aromatic rings. The van der Waals surface area contributed by atoms with Crippen LogP contribution in [0.2, 0.25) is 0 Å². The van der Waals surface area contributed by atoms with Gasteiger partial charge in [0.2, 0.25) is 5.88 Å². The Bertz CT molecular complexity index is 377. The van der Waals surface area contributed by atoms with E-state index in [-0.39, 0.29) is 5.88 Å². The smallest absolute Gasteiger partial charge is 0.331 e. The Kier molecular flexibility index (Phi) is 2.32. The van der Waals surface area contributed by atoms with Crippen LogP contribution in [0.1, 0.15) is 13.3 Å². The third-order valence-electron chi connectivity index (χ3n) is 1.46. The van der Waals surface area contributed by atoms with Gasteiger partial charge in [-0.2, -0.15) is 0 Å². The van der Waals surface area contributed by atoms with E-state index < -0.39 is 11.2 Å². The molecule has 0 atom stereocenters. The normalized spacial score (nSPS) is 10.1. The Morgan fingerprint density at radius 1 is 1.58 bits per heavy atom. The molecule has 0 radical (unpaired) electrons. The van der Waals surface area contributed by atoms with Gasteiger partial charge in [0.1, 0.15) is 0 Å². The van der Waals surface area contributed by atoms with E-state index in [1.807, 2.05) is 6.92 Å². The summed E-state index contributed by atoms with van der Waals surface area (Å²) in [5.74, 6) is -0.286. The molecule has 0 aliphatic heterocycles. The maximum absolute atomic E-state index is 11.0. The number of hydrogen-bond acceptors (Lipinski definition) is 3. The van der Waals surface area contributed by atoms with Crippen LogP contribution in [0, 0.1) is 0 Å². The minimum absolute atomic E-state index is 0.286. The highest BCUT2D eigenvalue weighted by molar-refractivity contribution is 5.05. The number of nitrogens with zero attached hydrogens (tertiary/aromatic N) is 1. The number of aromatic hydroxyl groups is 1. The first-order valence-electron chi connectivity index (χ1n) is 3.68. The summed E-state index contributed by atoms with van der Waals surface area (Å²) < 4.78 is 1.11. The highest BCUT2D eigenvalue weighted by atomic mass is 16.3. The lowest BCUT2D eigenvalue weighted by Gasteiger charge is -2.03. The van der Waals surface area contributed by atoms with E-state index in [1.54, 1.807) is 0 Å². The molecular weight excluding hydrogens is 160 g/mol. The van der Waals surface area contributed by atoms with Crippen molar-refractivity contribution in [2.75, 3.05) is 0 Å². The first-order valence-corrected chi connectivity index (χ1v) is 3.68. The summed E-state index contributed by atoms with van der Waals surface area (Å²) >= 11 is 0. The van der Waals surface area contributed by atoms with Crippen molar-refractivity contribution in [3.8, 4) is 5.88 Å². The van der Waals surface area contributed by atoms with Crippen molar-refractivity contribution in [2.45, 2.75) is 19.9 Å². The van der Waals surface area contributed by atoms with E-state index in [4.69, 9.17) is 5.11 Å². The van der Waals surface area contributed by atoms with Crippen LogP contribution in [-0.4, -0.2) is 14.7 Å². The molecule has 0 amide bonds. The van der Waals surface area contributed by atoms with Gasteiger partial charge in [-0.25, -0.2) is 4.79 Å². The van der Waals surface area contributed by atoms with E-state index in [0.717, 1.165) is 17.1 Å². The first kappa shape index (κ1) is 8.58. The molecule has 66 valence electrons. The van der Waals surface area contributed by atoms with Gasteiger partial charge >= 0.3 is 5.69 Å². The molecule has 0 aliphatic rings. The Hall–Kier alpha value is -1.52. The molecular formula is C7H10N2O3. The molecule has 1 aromatic heterocycles. The van der Waals surface area contributed by atoms with Crippen molar-refractivity contribution >= 4 is 0 Å². The molecule has 5 heteroatoms. The zero-order valence-corrected chi connectivity index (χ0v) is 6.70. The summed E-state index contributed by atoms with van der Waals surface area (Å²) in [5, 5.41) is 9.15. The van der Waals surface area contributed by atoms with Crippen LogP contribution in [0.3, 0.4) is 0 Å². The molecule has 12 heavy (non-hydrogen) atoms. The van der Waals surface area contributed by atoms with Gasteiger partial charge < -0.3 is 5.11 Å². The second-order valence-corrected chi connectivity index (χ2v) is 2.45. The second-order valence-electron chi connectivity index (χ2n) is 2.45. The van der Waals surface area contributed by atoms with E-state index in [2.05, 4.69) is 4.98 Å². The van der Waals surface area contributed by atoms with Crippen molar-refractivity contribution in [1.29, 1.82) is 0 Å². The van der Waals surface area contributed by atoms with E-state index >= 15 is 0 Å². The summed E-state index contributed by atoms with van der Waals surface area (Å²) in [7, 11) is 0. The summed E-state index contributed by atoms with van der Waals surface area (Å²) in [4.78, 5) is 23.7. The van der Waals surface area contributed by atoms with Gasteiger partial charge in [0.05, 0.1) is 6.07 Å². The molecule has 0 fully saturated rings. The first-order chi connectivity index (χ1) is 5.65. The lowest BCUT2D eigenvalue weighted by Crippen LogP contribution is -2.28. The van der Waals surface area contributed by atoms with E-state index in [9.17, 15) is 9.59 Å². The molecule has 0 spiro atoms. The van der Waals surface area contributed by atoms with Crippen molar-refractivity contribution in [2.24, 2.45) is 0 Å². The third kappa shape index (κ3) is 1.55. The monoisotopic (exact) mass is 170 g/mol. The minimum atomic E-state index is -0.579. The fraction of sp³-hybridized carbons (Fsp3) is 0.429. The number of aromatic amines is 1. The predicted octanol–water partition coefficient (Wildman–Crippen LogP) is -0.348. The van der Waals surface area contributed by atoms with Gasteiger partial charge in [-0.05, 0) is 6.42 Å². The van der Waals surface area contributed by atoms with Crippen molar-refractivity contribution in [3.63, 3.8) is 0 Å². The fourth-order valence-electron chi connectivity index (χ4n) is 0.948. The predicted molar refractivity (Wildman–Crippen MR) is 43.3 cm³/mol. The van der Waals surface area contributed by atoms with Crippen LogP contribution in [0.4, 0.5) is 0 Å². The van der Waals surface area contributed by atoms with Crippen LogP contribution in [-0.2, 0) is 6.54 Å². The molecule has 1 heterocycles. The number of nitrogens with one attached hydrogen (secondary N) is 1. The Morgan fingerprint density at radius 2 is 2.25 bits per heavy atom. The minimum Gasteiger partial charge on any atom is -0.494 e. The van der Waals surface area contributed by atoms with Crippen molar-refractivity contribution < 1.29 is 5.11 Å². The number of aromatic nitrogens is 2. The van der Waals surface area contributed by atoms with Crippen LogP contribution >= 0.6 is 0 Å². The van der Waals surface area contributed by atoms with E-state index in [0.29, 0.717) is 6.54 Å². The van der Waals surface area contributed by atoms with Gasteiger partial charge in [-0.15, -0.1) is 0 Å². The maximum Gasteiger partial charge on any atom is 0.331 e. The SMILES string of the molecule is CCCn1c(O)cc(=O)[nH]c1=O. The van der Waals surface area contributed by atoms with Crippen LogP contribution in [0.15, 0.2) is 15.7 Å². The standard InChI is InChI=1S/C7H10N2O3/c1-2-3-9-6(11)4-5(10)8-7(9)12/h4,11H,2-3H2,1H3,(H,8,10,12). The number of hydrogen-bond donors (Lipinski definition) is 2. The second kappa shape index (κ2) is 3.25. The molecule has 0 aromatic carbocycles. The van der Waals surface area contributed by atoms with Crippen molar-refractivity contribution in [1.82, 2.24) is 9.55 Å². The van der Waals surface area contributed by atoms with E-state index in [1.165, 1.54) is 0 Å². The van der Waals surface area contributed by atoms with Gasteiger partial charge in [-0.1, -0.05) is 6.92 Å². The summed E-state index contributed by atoms with van der Waals surface area (Å²) in [6.45, 7) is 2.28. The van der Waals surface area contributed by atoms with Gasteiger partial charge in [-0.3, -0.25) is 14.3 Å². The highest BCUT2D eigenvalue weighted by Gasteiger charge is 2.01. The Morgan fingerprint density at radius 3 is 2.75 bits per heavy atom. The molecule has 0 saturated carbocycles. The Labute approximate surface area is 68.3 Å². The lowest BCUT2D eigenvalue weighted by atomic mass is 10.4. The van der Waals surface area contributed by atoms with Crippen LogP contribution in [0.25, 0.3) is 0 Å². The zero-order chi connectivity index (χ0) is 9.14. The average Bonchev–Trinajstić information content (AvgIpc) is 1.96. The van der Waals surface area contributed by atoms with Gasteiger partial charge in [0.25, 0.3) is 5.56 Å². The molecule has 0 bridgehead atoms. The fourth-order valence-corrected chi connectivity index (χ4v) is 0.948. The van der Waals surface area contributed by atoms with Crippen LogP contribution in [0.5, 0.6) is 5.88 Å². The topological polar surface area (TPSA) is 75.1 Å². The molecule has 1 rings (SSSR count). The average molecular weight is 170 g/mol. The summed E-state index contributed by atoms with van der Waals surface area (Å²) in [6.07, 6.45) is 0.722. The quantitative estimate of drug-likeness (QED) is 0.637. The summed E-state index contributed by atoms with van der Waals surface area (Å²) in [6, 6.07) is 0.983. The summed E-state index contributed by atoms with van der Waals surface area (Å²) in [5.41, 5.74) is -1.15. The Balaban J connectivity index is 3.29. The van der Waals surface area contributed by atoms with Crippen molar-refractivity contribution in [3.05, 3.63) is 26.9 Å². The largest absolute Gasteiger partial charge is 0.494 e. The number of rotatable bonds is 2. The molecule has 0 unspecified atom stereocenters. The maximum atomic E-state index is 11.0. The molecule has 0 aliphatic carbocycles. The lowest BCUT2D eigenvalue weighted by molar-refractivity contribution is 0.399. The molecule has 0 saturated heterocycles. The zero-order valence-electron chi connectivity index (χ0n) is 6.70. The molecule has 5 nitrogen and oxygen atoms in total. The number of H-pyrrole nitrogens is 1. The van der Waals surface area contributed by atoms with Gasteiger partial charge in [0, 0.05) is 6.54 Å².